The lowest BCUT2D eigenvalue weighted by molar-refractivity contribution is 0.0946. The molecule has 6 nitrogen and oxygen atoms in total. The Labute approximate surface area is 179 Å². The Morgan fingerprint density at radius 1 is 1.14 bits per heavy atom. The van der Waals surface area contributed by atoms with E-state index in [9.17, 15) is 4.79 Å². The van der Waals surface area contributed by atoms with Crippen molar-refractivity contribution in [3.05, 3.63) is 64.3 Å². The van der Waals surface area contributed by atoms with Gasteiger partial charge >= 0.3 is 0 Å². The predicted octanol–water partition coefficient (Wildman–Crippen LogP) is 3.54. The standard InChI is InChI=1S/C21H22ClN5OS/c1-26-9-11-27(12-10-26)19-4-2-3-18(25-19)20(28)23-13-17-14-24-21(29-17)15-5-7-16(22)8-6-15/h2-8,14H,9-13H2,1H3,(H,23,28). The minimum absolute atomic E-state index is 0.178. The van der Waals surface area contributed by atoms with E-state index in [1.807, 2.05) is 36.4 Å². The lowest BCUT2D eigenvalue weighted by Gasteiger charge is -2.33. The van der Waals surface area contributed by atoms with Gasteiger partial charge in [-0.05, 0) is 31.3 Å². The fourth-order valence-corrected chi connectivity index (χ4v) is 4.12. The SMILES string of the molecule is CN1CCN(c2cccc(C(=O)NCc3cnc(-c4ccc(Cl)cc4)s3)n2)CC1. The van der Waals surface area contributed by atoms with E-state index in [-0.39, 0.29) is 5.91 Å². The fraction of sp³-hybridized carbons (Fsp3) is 0.286. The summed E-state index contributed by atoms with van der Waals surface area (Å²) in [5, 5.41) is 4.55. The van der Waals surface area contributed by atoms with Gasteiger partial charge in [-0.25, -0.2) is 9.97 Å². The number of benzene rings is 1. The van der Waals surface area contributed by atoms with Crippen molar-refractivity contribution in [2.45, 2.75) is 6.54 Å². The van der Waals surface area contributed by atoms with E-state index < -0.39 is 0 Å². The molecule has 0 saturated carbocycles. The van der Waals surface area contributed by atoms with Gasteiger partial charge in [-0.2, -0.15) is 0 Å². The van der Waals surface area contributed by atoms with Crippen LogP contribution in [0.2, 0.25) is 5.02 Å². The van der Waals surface area contributed by atoms with Crippen LogP contribution in [0, 0.1) is 0 Å². The van der Waals surface area contributed by atoms with Crippen molar-refractivity contribution in [2.75, 3.05) is 38.1 Å². The summed E-state index contributed by atoms with van der Waals surface area (Å²) in [5.41, 5.74) is 1.45. The maximum Gasteiger partial charge on any atom is 0.270 e. The molecule has 3 heterocycles. The maximum atomic E-state index is 12.6. The van der Waals surface area contributed by atoms with Crippen LogP contribution >= 0.6 is 22.9 Å². The van der Waals surface area contributed by atoms with E-state index in [1.54, 1.807) is 23.6 Å². The monoisotopic (exact) mass is 427 g/mol. The second kappa shape index (κ2) is 8.90. The zero-order valence-electron chi connectivity index (χ0n) is 16.1. The number of hydrogen-bond acceptors (Lipinski definition) is 6. The molecule has 1 amide bonds. The molecule has 29 heavy (non-hydrogen) atoms. The van der Waals surface area contributed by atoms with Crippen LogP contribution in [0.25, 0.3) is 10.6 Å². The lowest BCUT2D eigenvalue weighted by Crippen LogP contribution is -2.45. The molecule has 0 atom stereocenters. The van der Waals surface area contributed by atoms with Gasteiger partial charge < -0.3 is 15.1 Å². The third-order valence-corrected chi connectivity index (χ3v) is 6.16. The van der Waals surface area contributed by atoms with Crippen molar-refractivity contribution in [2.24, 2.45) is 0 Å². The van der Waals surface area contributed by atoms with Crippen molar-refractivity contribution in [3.8, 4) is 10.6 Å². The molecule has 4 rings (SSSR count). The van der Waals surface area contributed by atoms with E-state index in [4.69, 9.17) is 11.6 Å². The molecule has 1 aliphatic heterocycles. The topological polar surface area (TPSA) is 61.4 Å². The molecular weight excluding hydrogens is 406 g/mol. The van der Waals surface area contributed by atoms with Crippen molar-refractivity contribution in [1.82, 2.24) is 20.2 Å². The van der Waals surface area contributed by atoms with Gasteiger partial charge in [0.25, 0.3) is 5.91 Å². The number of piperazine rings is 1. The summed E-state index contributed by atoms with van der Waals surface area (Å²) in [6.07, 6.45) is 1.79. The highest BCUT2D eigenvalue weighted by molar-refractivity contribution is 7.15. The van der Waals surface area contributed by atoms with Crippen LogP contribution in [0.5, 0.6) is 0 Å². The molecule has 1 aliphatic rings. The summed E-state index contributed by atoms with van der Waals surface area (Å²) < 4.78 is 0. The largest absolute Gasteiger partial charge is 0.354 e. The summed E-state index contributed by atoms with van der Waals surface area (Å²) in [5.74, 6) is 0.677. The van der Waals surface area contributed by atoms with Crippen LogP contribution in [-0.4, -0.2) is 54.0 Å². The van der Waals surface area contributed by atoms with E-state index >= 15 is 0 Å². The quantitative estimate of drug-likeness (QED) is 0.674. The number of anilines is 1. The number of carbonyl (C=O) groups excluding carboxylic acids is 1. The summed E-state index contributed by atoms with van der Waals surface area (Å²) in [6, 6.07) is 13.2. The summed E-state index contributed by atoms with van der Waals surface area (Å²) in [7, 11) is 2.12. The van der Waals surface area contributed by atoms with Crippen molar-refractivity contribution >= 4 is 34.7 Å². The average Bonchev–Trinajstić information content (AvgIpc) is 3.22. The molecule has 1 fully saturated rings. The summed E-state index contributed by atoms with van der Waals surface area (Å²) in [4.78, 5) is 27.1. The van der Waals surface area contributed by atoms with Crippen LogP contribution in [0.15, 0.2) is 48.7 Å². The molecular formula is C21H22ClN5OS. The third-order valence-electron chi connectivity index (χ3n) is 4.86. The van der Waals surface area contributed by atoms with Gasteiger partial charge in [-0.1, -0.05) is 29.8 Å². The number of aromatic nitrogens is 2. The molecule has 1 aromatic carbocycles. The van der Waals surface area contributed by atoms with E-state index in [1.165, 1.54) is 0 Å². The molecule has 2 aromatic heterocycles. The molecule has 3 aromatic rings. The number of halogens is 1. The predicted molar refractivity (Wildman–Crippen MR) is 118 cm³/mol. The Morgan fingerprint density at radius 2 is 1.90 bits per heavy atom. The smallest absolute Gasteiger partial charge is 0.270 e. The van der Waals surface area contributed by atoms with Crippen molar-refractivity contribution in [1.29, 1.82) is 0 Å². The number of rotatable bonds is 5. The van der Waals surface area contributed by atoms with Crippen LogP contribution in [-0.2, 0) is 6.54 Å². The molecule has 1 N–H and O–H groups in total. The maximum absolute atomic E-state index is 12.6. The highest BCUT2D eigenvalue weighted by Crippen LogP contribution is 2.26. The minimum atomic E-state index is -0.178. The number of thiazole rings is 1. The van der Waals surface area contributed by atoms with Crippen LogP contribution < -0.4 is 10.2 Å². The first-order valence-corrected chi connectivity index (χ1v) is 10.7. The van der Waals surface area contributed by atoms with Crippen LogP contribution in [0.3, 0.4) is 0 Å². The Kier molecular flexibility index (Phi) is 6.08. The number of likely N-dealkylation sites (N-methyl/N-ethyl adjacent to an activating group) is 1. The molecule has 0 spiro atoms. The van der Waals surface area contributed by atoms with Gasteiger partial charge in [0, 0.05) is 47.8 Å². The minimum Gasteiger partial charge on any atom is -0.354 e. The second-order valence-electron chi connectivity index (χ2n) is 6.99. The van der Waals surface area contributed by atoms with Gasteiger partial charge in [0.15, 0.2) is 0 Å². The first-order chi connectivity index (χ1) is 14.1. The Bertz CT molecular complexity index is 983. The van der Waals surface area contributed by atoms with Crippen molar-refractivity contribution < 1.29 is 4.79 Å². The normalized spacial score (nSPS) is 14.8. The Morgan fingerprint density at radius 3 is 2.66 bits per heavy atom. The average molecular weight is 428 g/mol. The van der Waals surface area contributed by atoms with Crippen molar-refractivity contribution in [3.63, 3.8) is 0 Å². The Hall–Kier alpha value is -2.48. The van der Waals surface area contributed by atoms with E-state index in [2.05, 4.69) is 32.1 Å². The zero-order valence-corrected chi connectivity index (χ0v) is 17.7. The summed E-state index contributed by atoms with van der Waals surface area (Å²) in [6.45, 7) is 4.26. The second-order valence-corrected chi connectivity index (χ2v) is 8.54. The van der Waals surface area contributed by atoms with Gasteiger partial charge in [-0.15, -0.1) is 11.3 Å². The molecule has 0 radical (unpaired) electrons. The van der Waals surface area contributed by atoms with Crippen LogP contribution in [0.4, 0.5) is 5.82 Å². The van der Waals surface area contributed by atoms with Gasteiger partial charge in [0.05, 0.1) is 6.54 Å². The molecule has 8 heteroatoms. The molecule has 150 valence electrons. The Balaban J connectivity index is 1.37. The van der Waals surface area contributed by atoms with E-state index in [0.717, 1.165) is 47.4 Å². The third kappa shape index (κ3) is 4.93. The zero-order chi connectivity index (χ0) is 20.2. The number of nitrogens with one attached hydrogen (secondary N) is 1. The number of amides is 1. The fourth-order valence-electron chi connectivity index (χ4n) is 3.13. The van der Waals surface area contributed by atoms with Gasteiger partial charge in [0.2, 0.25) is 0 Å². The molecule has 1 saturated heterocycles. The number of hydrogen-bond donors (Lipinski definition) is 1. The molecule has 0 aliphatic carbocycles. The first-order valence-electron chi connectivity index (χ1n) is 9.48. The summed E-state index contributed by atoms with van der Waals surface area (Å²) >= 11 is 7.49. The van der Waals surface area contributed by atoms with Gasteiger partial charge in [0.1, 0.15) is 16.5 Å². The van der Waals surface area contributed by atoms with E-state index in [0.29, 0.717) is 17.3 Å². The van der Waals surface area contributed by atoms with Crippen LogP contribution in [0.1, 0.15) is 15.4 Å². The highest BCUT2D eigenvalue weighted by atomic mass is 35.5. The first kappa shape index (κ1) is 19.8. The number of nitrogens with zero attached hydrogens (tertiary/aromatic N) is 4. The van der Waals surface area contributed by atoms with Gasteiger partial charge in [-0.3, -0.25) is 4.79 Å². The lowest BCUT2D eigenvalue weighted by atomic mass is 10.2. The highest BCUT2D eigenvalue weighted by Gasteiger charge is 2.17. The molecule has 0 unspecified atom stereocenters. The molecule has 0 bridgehead atoms. The number of pyridine rings is 1. The number of carbonyl (C=O) groups is 1.